The Bertz CT molecular complexity index is 542. The molecule has 0 aromatic carbocycles. The van der Waals surface area contributed by atoms with Crippen LogP contribution in [0, 0.1) is 25.7 Å². The first-order valence-corrected chi connectivity index (χ1v) is 7.19. The molecule has 0 saturated carbocycles. The van der Waals surface area contributed by atoms with Crippen molar-refractivity contribution in [1.29, 1.82) is 0 Å². The van der Waals surface area contributed by atoms with E-state index in [4.69, 9.17) is 4.52 Å². The molecule has 1 aromatic heterocycles. The zero-order chi connectivity index (χ0) is 14.3. The molecule has 0 radical (unpaired) electrons. The van der Waals surface area contributed by atoms with Crippen LogP contribution in [0.2, 0.25) is 0 Å². The number of likely N-dealkylation sites (tertiary alicyclic amines) is 1. The summed E-state index contributed by atoms with van der Waals surface area (Å²) in [4.78, 5) is 14.3. The van der Waals surface area contributed by atoms with E-state index in [9.17, 15) is 4.79 Å². The molecule has 108 valence electrons. The number of anilines is 1. The Kier molecular flexibility index (Phi) is 3.28. The molecule has 2 amide bonds. The van der Waals surface area contributed by atoms with Crippen molar-refractivity contribution in [3.63, 3.8) is 0 Å². The van der Waals surface area contributed by atoms with E-state index in [2.05, 4.69) is 23.5 Å². The van der Waals surface area contributed by atoms with Gasteiger partial charge in [0.25, 0.3) is 0 Å². The molecule has 5 heteroatoms. The summed E-state index contributed by atoms with van der Waals surface area (Å²) < 4.78 is 5.08. The van der Waals surface area contributed by atoms with Crippen molar-refractivity contribution in [2.24, 2.45) is 11.8 Å². The van der Waals surface area contributed by atoms with Gasteiger partial charge in [-0.1, -0.05) is 16.8 Å². The fourth-order valence-electron chi connectivity index (χ4n) is 3.30. The maximum atomic E-state index is 12.4. The first kappa shape index (κ1) is 13.2. The van der Waals surface area contributed by atoms with Crippen LogP contribution >= 0.6 is 0 Å². The van der Waals surface area contributed by atoms with Gasteiger partial charge in [0.1, 0.15) is 11.4 Å². The molecule has 3 rings (SSSR count). The van der Waals surface area contributed by atoms with E-state index in [1.807, 2.05) is 18.7 Å². The average molecular weight is 275 g/mol. The predicted molar refractivity (Wildman–Crippen MR) is 76.5 cm³/mol. The molecule has 1 aromatic rings. The maximum absolute atomic E-state index is 12.4. The SMILES string of the molecule is CC1=CC[C@@H]2CN(C(=O)Nc3c(C)noc3C)C[C@@H]2C1. The van der Waals surface area contributed by atoms with Crippen molar-refractivity contribution in [3.05, 3.63) is 23.1 Å². The summed E-state index contributed by atoms with van der Waals surface area (Å²) in [6, 6.07) is -0.0357. The summed E-state index contributed by atoms with van der Waals surface area (Å²) in [5.41, 5.74) is 2.89. The average Bonchev–Trinajstić information content (AvgIpc) is 2.96. The van der Waals surface area contributed by atoms with Crippen molar-refractivity contribution in [2.75, 3.05) is 18.4 Å². The van der Waals surface area contributed by atoms with Crippen LogP contribution in [0.15, 0.2) is 16.2 Å². The lowest BCUT2D eigenvalue weighted by molar-refractivity contribution is 0.220. The summed E-state index contributed by atoms with van der Waals surface area (Å²) in [7, 11) is 0. The van der Waals surface area contributed by atoms with Gasteiger partial charge in [0.2, 0.25) is 0 Å². The molecule has 20 heavy (non-hydrogen) atoms. The fourth-order valence-corrected chi connectivity index (χ4v) is 3.30. The van der Waals surface area contributed by atoms with Crippen LogP contribution in [0.3, 0.4) is 0 Å². The molecule has 1 fully saturated rings. The van der Waals surface area contributed by atoms with E-state index in [0.29, 0.717) is 23.3 Å². The Morgan fingerprint density at radius 1 is 1.35 bits per heavy atom. The van der Waals surface area contributed by atoms with Gasteiger partial charge < -0.3 is 14.7 Å². The normalized spacial score (nSPS) is 25.4. The number of hydrogen-bond acceptors (Lipinski definition) is 3. The molecule has 2 heterocycles. The smallest absolute Gasteiger partial charge is 0.322 e. The number of allylic oxidation sites excluding steroid dienone is 2. The van der Waals surface area contributed by atoms with Gasteiger partial charge in [-0.2, -0.15) is 0 Å². The van der Waals surface area contributed by atoms with Crippen molar-refractivity contribution >= 4 is 11.7 Å². The number of fused-ring (bicyclic) bond motifs is 1. The largest absolute Gasteiger partial charge is 0.359 e. The number of hydrogen-bond donors (Lipinski definition) is 1. The molecule has 1 N–H and O–H groups in total. The lowest BCUT2D eigenvalue weighted by Crippen LogP contribution is -2.33. The van der Waals surface area contributed by atoms with Crippen LogP contribution in [0.25, 0.3) is 0 Å². The number of nitrogens with zero attached hydrogens (tertiary/aromatic N) is 2. The Morgan fingerprint density at radius 3 is 2.80 bits per heavy atom. The summed E-state index contributed by atoms with van der Waals surface area (Å²) in [6.07, 6.45) is 4.54. The molecule has 0 bridgehead atoms. The zero-order valence-corrected chi connectivity index (χ0v) is 12.3. The maximum Gasteiger partial charge on any atom is 0.322 e. The van der Waals surface area contributed by atoms with E-state index in [1.54, 1.807) is 0 Å². The number of urea groups is 1. The molecule has 1 aliphatic heterocycles. The minimum absolute atomic E-state index is 0.0357. The van der Waals surface area contributed by atoms with Gasteiger partial charge in [-0.3, -0.25) is 0 Å². The molecule has 2 aliphatic rings. The highest BCUT2D eigenvalue weighted by atomic mass is 16.5. The number of aryl methyl sites for hydroxylation is 2. The Hall–Kier alpha value is -1.78. The molecule has 0 unspecified atom stereocenters. The number of carbonyl (C=O) groups excluding carboxylic acids is 1. The first-order valence-electron chi connectivity index (χ1n) is 7.19. The Labute approximate surface area is 119 Å². The van der Waals surface area contributed by atoms with E-state index in [0.717, 1.165) is 31.6 Å². The van der Waals surface area contributed by atoms with Crippen LogP contribution in [0.4, 0.5) is 10.5 Å². The minimum atomic E-state index is -0.0357. The van der Waals surface area contributed by atoms with Gasteiger partial charge >= 0.3 is 6.03 Å². The molecule has 1 saturated heterocycles. The summed E-state index contributed by atoms with van der Waals surface area (Å²) in [5, 5.41) is 6.80. The van der Waals surface area contributed by atoms with Crippen molar-refractivity contribution < 1.29 is 9.32 Å². The predicted octanol–water partition coefficient (Wildman–Crippen LogP) is 3.11. The third kappa shape index (κ3) is 2.32. The minimum Gasteiger partial charge on any atom is -0.359 e. The quantitative estimate of drug-likeness (QED) is 0.801. The summed E-state index contributed by atoms with van der Waals surface area (Å²) in [5.74, 6) is 1.90. The standard InChI is InChI=1S/C15H21N3O2/c1-9-4-5-12-7-18(8-13(12)6-9)15(19)16-14-10(2)17-20-11(14)3/h4,12-13H,5-8H2,1-3H3,(H,16,19)/t12-,13+/m1/s1. The van der Waals surface area contributed by atoms with Crippen LogP contribution in [-0.4, -0.2) is 29.2 Å². The number of carbonyl (C=O) groups is 1. The zero-order valence-electron chi connectivity index (χ0n) is 12.3. The monoisotopic (exact) mass is 275 g/mol. The van der Waals surface area contributed by atoms with Crippen LogP contribution < -0.4 is 5.32 Å². The molecule has 0 spiro atoms. The second kappa shape index (κ2) is 4.96. The highest BCUT2D eigenvalue weighted by Gasteiger charge is 2.36. The summed E-state index contributed by atoms with van der Waals surface area (Å²) >= 11 is 0. The molecule has 5 nitrogen and oxygen atoms in total. The van der Waals surface area contributed by atoms with Crippen LogP contribution in [-0.2, 0) is 0 Å². The lowest BCUT2D eigenvalue weighted by Gasteiger charge is -2.21. The van der Waals surface area contributed by atoms with Crippen molar-refractivity contribution in [2.45, 2.75) is 33.6 Å². The van der Waals surface area contributed by atoms with Gasteiger partial charge in [-0.25, -0.2) is 4.79 Å². The topological polar surface area (TPSA) is 58.4 Å². The molecule has 1 aliphatic carbocycles. The molecular weight excluding hydrogens is 254 g/mol. The van der Waals surface area contributed by atoms with Crippen LogP contribution in [0.1, 0.15) is 31.2 Å². The van der Waals surface area contributed by atoms with E-state index >= 15 is 0 Å². The second-order valence-corrected chi connectivity index (χ2v) is 6.04. The summed E-state index contributed by atoms with van der Waals surface area (Å²) in [6.45, 7) is 7.54. The highest BCUT2D eigenvalue weighted by molar-refractivity contribution is 5.90. The van der Waals surface area contributed by atoms with Crippen molar-refractivity contribution in [3.8, 4) is 0 Å². The van der Waals surface area contributed by atoms with Gasteiger partial charge in [0, 0.05) is 13.1 Å². The lowest BCUT2D eigenvalue weighted by atomic mass is 9.83. The van der Waals surface area contributed by atoms with Gasteiger partial charge in [-0.05, 0) is 45.4 Å². The van der Waals surface area contributed by atoms with Gasteiger partial charge in [-0.15, -0.1) is 0 Å². The van der Waals surface area contributed by atoms with E-state index in [1.165, 1.54) is 5.57 Å². The Morgan fingerprint density at radius 2 is 2.10 bits per heavy atom. The van der Waals surface area contributed by atoms with Gasteiger partial charge in [0.15, 0.2) is 5.76 Å². The molecular formula is C15H21N3O2. The highest BCUT2D eigenvalue weighted by Crippen LogP contribution is 2.36. The van der Waals surface area contributed by atoms with Crippen molar-refractivity contribution in [1.82, 2.24) is 10.1 Å². The number of rotatable bonds is 1. The van der Waals surface area contributed by atoms with Gasteiger partial charge in [0.05, 0.1) is 0 Å². The first-order chi connectivity index (χ1) is 9.54. The second-order valence-electron chi connectivity index (χ2n) is 6.04. The molecule has 2 atom stereocenters. The third-order valence-corrected chi connectivity index (χ3v) is 4.48. The number of amides is 2. The fraction of sp³-hybridized carbons (Fsp3) is 0.600. The van der Waals surface area contributed by atoms with E-state index in [-0.39, 0.29) is 6.03 Å². The number of aromatic nitrogens is 1. The Balaban J connectivity index is 1.65. The van der Waals surface area contributed by atoms with Crippen LogP contribution in [0.5, 0.6) is 0 Å². The number of nitrogens with one attached hydrogen (secondary N) is 1. The van der Waals surface area contributed by atoms with E-state index < -0.39 is 0 Å². The third-order valence-electron chi connectivity index (χ3n) is 4.48.